The Morgan fingerprint density at radius 3 is 1.63 bits per heavy atom. The third-order valence-corrected chi connectivity index (χ3v) is 9.24. The van der Waals surface area contributed by atoms with E-state index in [2.05, 4.69) is 107 Å². The normalized spacial score (nSPS) is 14.3. The SMILES string of the molecule is c1ccc(-c2nc(-c3ccccc3)nc(-n3ccc4c3CNC3=C4c4ccccc4C3(c3ccccc3)c3ccccc3)n2)cc1. The Balaban J connectivity index is 1.27. The molecule has 0 bridgehead atoms. The second-order valence-corrected chi connectivity index (χ2v) is 11.7. The molecular formula is C41H29N5. The fourth-order valence-corrected chi connectivity index (χ4v) is 7.27. The van der Waals surface area contributed by atoms with Gasteiger partial charge in [0.1, 0.15) is 0 Å². The van der Waals surface area contributed by atoms with Crippen LogP contribution in [0.1, 0.15) is 33.5 Å². The zero-order valence-electron chi connectivity index (χ0n) is 25.0. The second-order valence-electron chi connectivity index (χ2n) is 11.7. The Kier molecular flexibility index (Phi) is 6.03. The molecule has 5 aromatic carbocycles. The molecule has 1 aliphatic carbocycles. The molecule has 0 fully saturated rings. The van der Waals surface area contributed by atoms with Crippen LogP contribution in [0, 0.1) is 0 Å². The summed E-state index contributed by atoms with van der Waals surface area (Å²) < 4.78 is 2.13. The zero-order chi connectivity index (χ0) is 30.5. The number of hydrogen-bond donors (Lipinski definition) is 1. The lowest BCUT2D eigenvalue weighted by atomic mass is 9.69. The van der Waals surface area contributed by atoms with Crippen LogP contribution in [0.3, 0.4) is 0 Å². The zero-order valence-corrected chi connectivity index (χ0v) is 25.0. The van der Waals surface area contributed by atoms with Crippen molar-refractivity contribution >= 4 is 5.57 Å². The third kappa shape index (κ3) is 3.92. The molecule has 46 heavy (non-hydrogen) atoms. The first kappa shape index (κ1) is 26.3. The summed E-state index contributed by atoms with van der Waals surface area (Å²) in [5, 5.41) is 3.95. The van der Waals surface area contributed by atoms with Crippen molar-refractivity contribution in [3.63, 3.8) is 0 Å². The predicted molar refractivity (Wildman–Crippen MR) is 182 cm³/mol. The topological polar surface area (TPSA) is 55.6 Å². The molecule has 0 amide bonds. The molecule has 0 atom stereocenters. The number of hydrogen-bond acceptors (Lipinski definition) is 4. The van der Waals surface area contributed by atoms with E-state index < -0.39 is 5.41 Å². The van der Waals surface area contributed by atoms with Gasteiger partial charge in [-0.2, -0.15) is 9.97 Å². The maximum atomic E-state index is 5.03. The number of nitrogens with zero attached hydrogens (tertiary/aromatic N) is 4. The fraction of sp³-hybridized carbons (Fsp3) is 0.0488. The highest BCUT2D eigenvalue weighted by molar-refractivity contribution is 5.94. The van der Waals surface area contributed by atoms with E-state index in [4.69, 9.17) is 15.0 Å². The van der Waals surface area contributed by atoms with E-state index in [1.807, 2.05) is 60.7 Å². The van der Waals surface area contributed by atoms with Crippen molar-refractivity contribution in [2.24, 2.45) is 0 Å². The Bertz CT molecular complexity index is 2140. The van der Waals surface area contributed by atoms with Gasteiger partial charge in [-0.15, -0.1) is 0 Å². The summed E-state index contributed by atoms with van der Waals surface area (Å²) >= 11 is 0. The number of benzene rings is 5. The second kappa shape index (κ2) is 10.5. The van der Waals surface area contributed by atoms with Gasteiger partial charge in [0.15, 0.2) is 11.6 Å². The maximum Gasteiger partial charge on any atom is 0.238 e. The van der Waals surface area contributed by atoms with Gasteiger partial charge in [-0.05, 0) is 28.3 Å². The minimum Gasteiger partial charge on any atom is -0.381 e. The highest BCUT2D eigenvalue weighted by Crippen LogP contribution is 2.56. The first-order chi connectivity index (χ1) is 22.8. The highest BCUT2D eigenvalue weighted by Gasteiger charge is 2.49. The molecule has 5 nitrogen and oxygen atoms in total. The van der Waals surface area contributed by atoms with E-state index >= 15 is 0 Å². The Morgan fingerprint density at radius 1 is 0.522 bits per heavy atom. The molecule has 1 aliphatic heterocycles. The first-order valence-corrected chi connectivity index (χ1v) is 15.6. The van der Waals surface area contributed by atoms with Crippen molar-refractivity contribution in [3.8, 4) is 28.7 Å². The van der Waals surface area contributed by atoms with Gasteiger partial charge in [-0.25, -0.2) is 4.98 Å². The van der Waals surface area contributed by atoms with E-state index in [9.17, 15) is 0 Å². The summed E-state index contributed by atoms with van der Waals surface area (Å²) in [5.74, 6) is 1.89. The van der Waals surface area contributed by atoms with Gasteiger partial charge in [0.25, 0.3) is 0 Å². The fourth-order valence-electron chi connectivity index (χ4n) is 7.27. The lowest BCUT2D eigenvalue weighted by Crippen LogP contribution is -2.37. The predicted octanol–water partition coefficient (Wildman–Crippen LogP) is 8.21. The van der Waals surface area contributed by atoms with E-state index in [1.54, 1.807) is 0 Å². The van der Waals surface area contributed by atoms with Crippen molar-refractivity contribution < 1.29 is 0 Å². The van der Waals surface area contributed by atoms with Gasteiger partial charge in [0.05, 0.1) is 17.7 Å². The summed E-state index contributed by atoms with van der Waals surface area (Å²) in [6.07, 6.45) is 2.11. The minimum atomic E-state index is -0.470. The number of rotatable bonds is 5. The summed E-state index contributed by atoms with van der Waals surface area (Å²) in [4.78, 5) is 15.0. The molecular weight excluding hydrogens is 562 g/mol. The average Bonchev–Trinajstić information content (AvgIpc) is 3.71. The van der Waals surface area contributed by atoms with Crippen molar-refractivity contribution in [2.45, 2.75) is 12.0 Å². The highest BCUT2D eigenvalue weighted by atomic mass is 15.2. The van der Waals surface area contributed by atoms with Crippen LogP contribution < -0.4 is 5.32 Å². The van der Waals surface area contributed by atoms with E-state index in [1.165, 1.54) is 39.1 Å². The van der Waals surface area contributed by atoms with Crippen molar-refractivity contribution in [1.29, 1.82) is 0 Å². The summed E-state index contributed by atoms with van der Waals surface area (Å²) in [5.41, 5.74) is 11.2. The van der Waals surface area contributed by atoms with Crippen LogP contribution in [0.4, 0.5) is 0 Å². The molecule has 0 unspecified atom stereocenters. The average molecular weight is 592 g/mol. The van der Waals surface area contributed by atoms with Gasteiger partial charge in [0, 0.05) is 34.2 Å². The smallest absolute Gasteiger partial charge is 0.238 e. The summed E-state index contributed by atoms with van der Waals surface area (Å²) in [6, 6.07) is 53.1. The number of allylic oxidation sites excluding steroid dienone is 1. The molecule has 0 saturated carbocycles. The number of aromatic nitrogens is 4. The van der Waals surface area contributed by atoms with E-state index in [0.717, 1.165) is 16.8 Å². The molecule has 2 aromatic heterocycles. The lowest BCUT2D eigenvalue weighted by Gasteiger charge is -2.37. The van der Waals surface area contributed by atoms with Crippen molar-refractivity contribution in [2.75, 3.05) is 0 Å². The molecule has 0 spiro atoms. The first-order valence-electron chi connectivity index (χ1n) is 15.6. The van der Waals surface area contributed by atoms with Crippen molar-refractivity contribution in [1.82, 2.24) is 24.8 Å². The van der Waals surface area contributed by atoms with Gasteiger partial charge in [-0.3, -0.25) is 4.57 Å². The van der Waals surface area contributed by atoms with Crippen LogP contribution in [-0.2, 0) is 12.0 Å². The van der Waals surface area contributed by atoms with Crippen LogP contribution in [0.15, 0.2) is 164 Å². The molecule has 7 aromatic rings. The van der Waals surface area contributed by atoms with Gasteiger partial charge < -0.3 is 5.32 Å². The van der Waals surface area contributed by atoms with Gasteiger partial charge >= 0.3 is 0 Å². The number of nitrogens with one attached hydrogen (secondary N) is 1. The molecule has 0 saturated heterocycles. The molecule has 1 N–H and O–H groups in total. The van der Waals surface area contributed by atoms with E-state index in [0.29, 0.717) is 24.1 Å². The van der Waals surface area contributed by atoms with Gasteiger partial charge in [-0.1, -0.05) is 146 Å². The minimum absolute atomic E-state index is 0.470. The largest absolute Gasteiger partial charge is 0.381 e. The summed E-state index contributed by atoms with van der Waals surface area (Å²) in [7, 11) is 0. The number of fused-ring (bicyclic) bond motifs is 4. The quantitative estimate of drug-likeness (QED) is 0.219. The molecule has 218 valence electrons. The van der Waals surface area contributed by atoms with Crippen LogP contribution in [0.2, 0.25) is 0 Å². The molecule has 3 heterocycles. The monoisotopic (exact) mass is 591 g/mol. The molecule has 0 radical (unpaired) electrons. The molecule has 9 rings (SSSR count). The van der Waals surface area contributed by atoms with Gasteiger partial charge in [0.2, 0.25) is 5.95 Å². The summed E-state index contributed by atoms with van der Waals surface area (Å²) in [6.45, 7) is 0.629. The molecule has 5 heteroatoms. The standard InChI is InChI=1S/C41H29N5/c1-5-15-28(16-6-1)38-43-39(29-17-7-2-8-18-29)45-40(44-38)46-26-25-33-35(46)27-42-37-36(33)32-23-13-14-24-34(32)41(37,30-19-9-3-10-20-30)31-21-11-4-12-22-31/h1-26,42H,27H2. The van der Waals surface area contributed by atoms with Crippen LogP contribution in [0.25, 0.3) is 34.3 Å². The Hall–Kier alpha value is -6.07. The Morgan fingerprint density at radius 2 is 1.04 bits per heavy atom. The van der Waals surface area contributed by atoms with E-state index in [-0.39, 0.29) is 0 Å². The Labute approximate surface area is 267 Å². The van der Waals surface area contributed by atoms with Crippen molar-refractivity contribution in [3.05, 3.63) is 197 Å². The maximum absolute atomic E-state index is 5.03. The third-order valence-electron chi connectivity index (χ3n) is 9.24. The molecule has 2 aliphatic rings. The van der Waals surface area contributed by atoms with Crippen LogP contribution in [-0.4, -0.2) is 19.5 Å². The van der Waals surface area contributed by atoms with Crippen LogP contribution >= 0.6 is 0 Å². The van der Waals surface area contributed by atoms with Crippen LogP contribution in [0.5, 0.6) is 0 Å². The lowest BCUT2D eigenvalue weighted by molar-refractivity contribution is 0.625.